The lowest BCUT2D eigenvalue weighted by Gasteiger charge is -2.50. The molecule has 2 fully saturated rings. The van der Waals surface area contributed by atoms with Crippen molar-refractivity contribution in [3.05, 3.63) is 43.1 Å². The van der Waals surface area contributed by atoms with Crippen LogP contribution >= 0.6 is 11.8 Å². The van der Waals surface area contributed by atoms with E-state index in [1.165, 1.54) is 0 Å². The van der Waals surface area contributed by atoms with Crippen LogP contribution in [0.5, 0.6) is 0 Å². The molecule has 0 aromatic carbocycles. The van der Waals surface area contributed by atoms with E-state index in [9.17, 15) is 10.1 Å². The van der Waals surface area contributed by atoms with Gasteiger partial charge in [0.15, 0.2) is 5.65 Å². The zero-order chi connectivity index (χ0) is 28.6. The van der Waals surface area contributed by atoms with E-state index in [0.717, 1.165) is 42.4 Å². The van der Waals surface area contributed by atoms with Gasteiger partial charge in [-0.05, 0) is 19.2 Å². The summed E-state index contributed by atoms with van der Waals surface area (Å²) >= 11 is 1.77. The van der Waals surface area contributed by atoms with Gasteiger partial charge in [-0.3, -0.25) is 14.2 Å². The van der Waals surface area contributed by atoms with Gasteiger partial charge in [-0.2, -0.15) is 20.4 Å². The molecule has 0 spiro atoms. The molecule has 13 nitrogen and oxygen atoms in total. The maximum Gasteiger partial charge on any atom is 0.247 e. The summed E-state index contributed by atoms with van der Waals surface area (Å²) in [5, 5.41) is 26.8. The molecule has 4 aromatic rings. The number of nitrogens with zero attached hydrogens (tertiary/aromatic N) is 11. The number of anilines is 3. The summed E-state index contributed by atoms with van der Waals surface area (Å²) in [5.74, 6) is 0.504. The van der Waals surface area contributed by atoms with Crippen LogP contribution in [0.15, 0.2) is 48.0 Å². The minimum Gasteiger partial charge on any atom is -0.363 e. The lowest BCUT2D eigenvalue weighted by Crippen LogP contribution is -2.63. The average Bonchev–Trinajstić information content (AvgIpc) is 3.66. The third kappa shape index (κ3) is 5.59. The molecule has 6 heterocycles. The van der Waals surface area contributed by atoms with E-state index in [4.69, 9.17) is 4.98 Å². The topological polar surface area (TPSA) is 128 Å². The highest BCUT2D eigenvalue weighted by Crippen LogP contribution is 2.38. The Kier molecular flexibility index (Phi) is 7.31. The predicted molar refractivity (Wildman–Crippen MR) is 156 cm³/mol. The van der Waals surface area contributed by atoms with Gasteiger partial charge >= 0.3 is 0 Å². The molecule has 0 atom stereocenters. The minimum absolute atomic E-state index is 0.0651. The van der Waals surface area contributed by atoms with E-state index in [2.05, 4.69) is 63.6 Å². The lowest BCUT2D eigenvalue weighted by atomic mass is 9.86. The molecule has 0 unspecified atom stereocenters. The first kappa shape index (κ1) is 27.1. The van der Waals surface area contributed by atoms with Gasteiger partial charge in [-0.15, -0.1) is 16.9 Å². The number of amides is 1. The Morgan fingerprint density at radius 2 is 1.98 bits per heavy atom. The van der Waals surface area contributed by atoms with Crippen LogP contribution in [0.25, 0.3) is 5.65 Å². The molecule has 2 aliphatic heterocycles. The Morgan fingerprint density at radius 3 is 2.73 bits per heavy atom. The Bertz CT molecular complexity index is 1570. The highest BCUT2D eigenvalue weighted by atomic mass is 32.2. The number of piperazine rings is 1. The second-order valence-corrected chi connectivity index (χ2v) is 12.7. The largest absolute Gasteiger partial charge is 0.363 e. The number of thioether (sulfide) groups is 1. The van der Waals surface area contributed by atoms with Gasteiger partial charge in [0.1, 0.15) is 12.1 Å². The van der Waals surface area contributed by atoms with E-state index in [1.807, 2.05) is 34.1 Å². The van der Waals surface area contributed by atoms with Crippen molar-refractivity contribution in [3.8, 4) is 6.07 Å². The molecule has 6 rings (SSSR count). The van der Waals surface area contributed by atoms with Crippen molar-refractivity contribution in [3.63, 3.8) is 0 Å². The maximum absolute atomic E-state index is 12.7. The minimum atomic E-state index is -0.380. The fourth-order valence-electron chi connectivity index (χ4n) is 5.35. The Morgan fingerprint density at radius 1 is 1.17 bits per heavy atom. The summed E-state index contributed by atoms with van der Waals surface area (Å²) < 4.78 is 5.34. The van der Waals surface area contributed by atoms with Crippen LogP contribution in [0.2, 0.25) is 0 Å². The molecular formula is C27H34N12OS. The summed E-state index contributed by atoms with van der Waals surface area (Å²) in [7, 11) is 2.07. The highest BCUT2D eigenvalue weighted by molar-refractivity contribution is 7.99. The molecular weight excluding hydrogens is 540 g/mol. The number of rotatable bonds is 9. The lowest BCUT2D eigenvalue weighted by molar-refractivity contribution is -0.133. The van der Waals surface area contributed by atoms with Gasteiger partial charge in [0.2, 0.25) is 11.9 Å². The molecule has 1 N–H and O–H groups in total. The fourth-order valence-corrected chi connectivity index (χ4v) is 6.16. The number of carbonyl (C=O) groups excluding carboxylic acids is 1. The van der Waals surface area contributed by atoms with Crippen LogP contribution < -0.4 is 10.2 Å². The van der Waals surface area contributed by atoms with Gasteiger partial charge in [-0.1, -0.05) is 13.8 Å². The van der Waals surface area contributed by atoms with Crippen molar-refractivity contribution in [2.45, 2.75) is 42.5 Å². The second-order valence-electron chi connectivity index (χ2n) is 11.0. The number of aromatic nitrogens is 7. The standard InChI is InChI=1S/C27H34N12OS/c1-20(2)41-22-14-30-39(16-22)27(6-7-28)18-36(19-27)23-5-4-8-38-25(23)32-26(33-38)31-21-13-29-37(15-21)17-24(40)35-11-9-34(3)10-12-35/h4-5,8,13-16,20H,6,9-12,17-19H2,1-3H3,(H,31,33). The van der Waals surface area contributed by atoms with Crippen LogP contribution in [0.3, 0.4) is 0 Å². The summed E-state index contributed by atoms with van der Waals surface area (Å²) in [6, 6.07) is 6.33. The molecule has 41 heavy (non-hydrogen) atoms. The van der Waals surface area contributed by atoms with Gasteiger partial charge in [0.25, 0.3) is 0 Å². The number of hydrogen-bond acceptors (Lipinski definition) is 10. The van der Waals surface area contributed by atoms with E-state index < -0.39 is 0 Å². The average molecular weight is 575 g/mol. The number of hydrogen-bond donors (Lipinski definition) is 1. The normalized spacial score (nSPS) is 17.1. The molecule has 0 bridgehead atoms. The molecule has 0 aliphatic carbocycles. The quantitative estimate of drug-likeness (QED) is 0.297. The maximum atomic E-state index is 12.7. The van der Waals surface area contributed by atoms with E-state index in [0.29, 0.717) is 36.4 Å². The number of nitrogens with one attached hydrogen (secondary N) is 1. The summed E-state index contributed by atoms with van der Waals surface area (Å²) in [4.78, 5) is 24.9. The van der Waals surface area contributed by atoms with Gasteiger partial charge < -0.3 is 20.0 Å². The predicted octanol–water partition coefficient (Wildman–Crippen LogP) is 2.27. The number of nitriles is 1. The van der Waals surface area contributed by atoms with Crippen molar-refractivity contribution in [2.24, 2.45) is 0 Å². The first-order valence-electron chi connectivity index (χ1n) is 13.8. The Hall–Kier alpha value is -4.09. The van der Waals surface area contributed by atoms with Crippen LogP contribution in [0.4, 0.5) is 17.3 Å². The molecule has 2 saturated heterocycles. The van der Waals surface area contributed by atoms with Crippen LogP contribution in [-0.4, -0.2) is 101 Å². The monoisotopic (exact) mass is 574 g/mol. The van der Waals surface area contributed by atoms with E-state index >= 15 is 0 Å². The fraction of sp³-hybridized carbons (Fsp3) is 0.481. The number of carbonyl (C=O) groups is 1. The molecule has 2 aliphatic rings. The van der Waals surface area contributed by atoms with E-state index in [1.54, 1.807) is 33.4 Å². The summed E-state index contributed by atoms with van der Waals surface area (Å²) in [6.07, 6.45) is 9.64. The van der Waals surface area contributed by atoms with Crippen LogP contribution in [0, 0.1) is 11.3 Å². The van der Waals surface area contributed by atoms with Gasteiger partial charge in [-0.25, -0.2) is 4.52 Å². The number of likely N-dealkylation sites (N-methyl/N-ethyl adjacent to an activating group) is 1. The smallest absolute Gasteiger partial charge is 0.247 e. The van der Waals surface area contributed by atoms with Crippen molar-refractivity contribution in [1.82, 2.24) is 44.0 Å². The highest BCUT2D eigenvalue weighted by Gasteiger charge is 2.46. The summed E-state index contributed by atoms with van der Waals surface area (Å²) in [6.45, 7) is 9.06. The molecule has 214 valence electrons. The second kappa shape index (κ2) is 11.1. The first-order chi connectivity index (χ1) is 19.8. The molecule has 1 amide bonds. The van der Waals surface area contributed by atoms with Crippen LogP contribution in [-0.2, 0) is 16.9 Å². The molecule has 0 saturated carbocycles. The third-order valence-electron chi connectivity index (χ3n) is 7.52. The van der Waals surface area contributed by atoms with E-state index in [-0.39, 0.29) is 18.0 Å². The summed E-state index contributed by atoms with van der Waals surface area (Å²) in [5.41, 5.74) is 1.99. The van der Waals surface area contributed by atoms with Crippen molar-refractivity contribution in [1.29, 1.82) is 5.26 Å². The Labute approximate surface area is 242 Å². The van der Waals surface area contributed by atoms with Gasteiger partial charge in [0, 0.05) is 68.0 Å². The zero-order valence-corrected chi connectivity index (χ0v) is 24.3. The van der Waals surface area contributed by atoms with Crippen molar-refractivity contribution < 1.29 is 4.79 Å². The molecule has 14 heteroatoms. The Balaban J connectivity index is 1.13. The third-order valence-corrected chi connectivity index (χ3v) is 8.47. The first-order valence-corrected chi connectivity index (χ1v) is 14.6. The zero-order valence-electron chi connectivity index (χ0n) is 23.5. The van der Waals surface area contributed by atoms with Crippen LogP contribution in [0.1, 0.15) is 20.3 Å². The van der Waals surface area contributed by atoms with Gasteiger partial charge in [0.05, 0.1) is 36.3 Å². The number of pyridine rings is 1. The number of fused-ring (bicyclic) bond motifs is 1. The van der Waals surface area contributed by atoms with Crippen molar-refractivity contribution >= 4 is 40.6 Å². The SMILES string of the molecule is CC(C)Sc1cnn(C2(CC#N)CN(c3cccn4nc(Nc5cnn(CC(=O)N6CCN(C)CC6)c5)nc34)C2)c1. The molecule has 0 radical (unpaired) electrons. The van der Waals surface area contributed by atoms with Crippen molar-refractivity contribution in [2.75, 3.05) is 56.5 Å². The molecule has 4 aromatic heterocycles.